The van der Waals surface area contributed by atoms with Crippen LogP contribution < -0.4 is 9.47 Å². The maximum absolute atomic E-state index is 12.4. The number of ketones is 1. The van der Waals surface area contributed by atoms with E-state index in [9.17, 15) is 14.4 Å². The quantitative estimate of drug-likeness (QED) is 0.600. The summed E-state index contributed by atoms with van der Waals surface area (Å²) in [7, 11) is 0. The number of aryl methyl sites for hydroxylation is 1. The second-order valence-electron chi connectivity index (χ2n) is 6.65. The van der Waals surface area contributed by atoms with Gasteiger partial charge in [0.15, 0.2) is 23.9 Å². The van der Waals surface area contributed by atoms with Crippen LogP contribution in [0.4, 0.5) is 0 Å². The lowest BCUT2D eigenvalue weighted by atomic mass is 10.1. The number of hydrogen-bond acceptors (Lipinski definition) is 7. The summed E-state index contributed by atoms with van der Waals surface area (Å²) in [5, 5.41) is 0. The highest BCUT2D eigenvalue weighted by molar-refractivity contribution is 6.01. The first-order chi connectivity index (χ1) is 13.3. The predicted octanol–water partition coefficient (Wildman–Crippen LogP) is 2.97. The van der Waals surface area contributed by atoms with E-state index in [1.54, 1.807) is 45.9 Å². The molecule has 28 heavy (non-hydrogen) atoms. The van der Waals surface area contributed by atoms with Gasteiger partial charge in [0.25, 0.3) is 0 Å². The summed E-state index contributed by atoms with van der Waals surface area (Å²) in [6, 6.07) is 4.75. The van der Waals surface area contributed by atoms with Crippen LogP contribution in [-0.4, -0.2) is 42.2 Å². The van der Waals surface area contributed by atoms with E-state index in [4.69, 9.17) is 18.9 Å². The number of carbonyl (C=O) groups is 3. The normalized spacial score (nSPS) is 12.2. The Labute approximate surface area is 161 Å². The number of Topliss-reactive ketones (excluding diaryl/α,β-unsaturated/α-hetero) is 1. The van der Waals surface area contributed by atoms with E-state index in [2.05, 4.69) is 4.98 Å². The molecule has 0 unspecified atom stereocenters. The zero-order chi connectivity index (χ0) is 20.4. The van der Waals surface area contributed by atoms with Gasteiger partial charge in [0, 0.05) is 11.3 Å². The number of H-pyrrole nitrogens is 1. The van der Waals surface area contributed by atoms with Gasteiger partial charge in [-0.3, -0.25) is 4.79 Å². The van der Waals surface area contributed by atoms with Gasteiger partial charge in [-0.05, 0) is 51.5 Å². The molecule has 148 valence electrons. The molecule has 0 bridgehead atoms. The Morgan fingerprint density at radius 2 is 1.82 bits per heavy atom. The number of nitrogens with one attached hydrogen (secondary N) is 1. The van der Waals surface area contributed by atoms with Crippen molar-refractivity contribution in [2.24, 2.45) is 0 Å². The Hall–Kier alpha value is -3.29. The summed E-state index contributed by atoms with van der Waals surface area (Å²) < 4.78 is 20.8. The van der Waals surface area contributed by atoms with E-state index in [1.165, 1.54) is 0 Å². The predicted molar refractivity (Wildman–Crippen MR) is 98.0 cm³/mol. The van der Waals surface area contributed by atoms with Gasteiger partial charge in [0.05, 0.1) is 11.7 Å². The molecule has 0 aliphatic carbocycles. The van der Waals surface area contributed by atoms with Crippen LogP contribution in [0, 0.1) is 13.8 Å². The number of benzene rings is 1. The van der Waals surface area contributed by atoms with Crippen molar-refractivity contribution in [2.45, 2.75) is 33.8 Å². The summed E-state index contributed by atoms with van der Waals surface area (Å²) in [6.07, 6.45) is -0.282. The molecule has 1 aliphatic heterocycles. The van der Waals surface area contributed by atoms with E-state index in [0.29, 0.717) is 33.9 Å². The third-order valence-corrected chi connectivity index (χ3v) is 4.22. The summed E-state index contributed by atoms with van der Waals surface area (Å²) in [5.41, 5.74) is 1.67. The maximum atomic E-state index is 12.4. The Balaban J connectivity index is 1.68. The molecule has 0 radical (unpaired) electrons. The van der Waals surface area contributed by atoms with Crippen molar-refractivity contribution in [3.05, 3.63) is 46.3 Å². The van der Waals surface area contributed by atoms with Gasteiger partial charge in [-0.15, -0.1) is 0 Å². The summed E-state index contributed by atoms with van der Waals surface area (Å²) in [6.45, 7) is 6.43. The van der Waals surface area contributed by atoms with Crippen LogP contribution >= 0.6 is 0 Å². The van der Waals surface area contributed by atoms with Crippen LogP contribution in [0.1, 0.15) is 56.3 Å². The molecule has 1 aliphatic rings. The number of esters is 2. The van der Waals surface area contributed by atoms with Gasteiger partial charge in [0.2, 0.25) is 6.79 Å². The number of aromatic nitrogens is 1. The van der Waals surface area contributed by atoms with Crippen LogP contribution in [0.3, 0.4) is 0 Å². The van der Waals surface area contributed by atoms with Crippen LogP contribution in [0.5, 0.6) is 11.5 Å². The van der Waals surface area contributed by atoms with Crippen molar-refractivity contribution in [3.8, 4) is 11.5 Å². The van der Waals surface area contributed by atoms with E-state index < -0.39 is 18.5 Å². The molecular formula is C20H21NO7. The molecule has 8 heteroatoms. The molecule has 0 atom stereocenters. The van der Waals surface area contributed by atoms with Gasteiger partial charge in [-0.2, -0.15) is 0 Å². The number of rotatable bonds is 6. The van der Waals surface area contributed by atoms with Crippen LogP contribution in [0.25, 0.3) is 0 Å². The third kappa shape index (κ3) is 3.85. The number of aromatic amines is 1. The Kier molecular flexibility index (Phi) is 5.39. The zero-order valence-corrected chi connectivity index (χ0v) is 16.1. The first kappa shape index (κ1) is 19.5. The topological polar surface area (TPSA) is 104 Å². The van der Waals surface area contributed by atoms with E-state index in [0.717, 1.165) is 0 Å². The highest BCUT2D eigenvalue weighted by Crippen LogP contribution is 2.32. The van der Waals surface area contributed by atoms with Crippen LogP contribution in [0.2, 0.25) is 0 Å². The van der Waals surface area contributed by atoms with Crippen molar-refractivity contribution in [2.75, 3.05) is 13.4 Å². The van der Waals surface area contributed by atoms with Crippen LogP contribution in [-0.2, 0) is 9.47 Å². The minimum atomic E-state index is -0.724. The molecule has 1 aromatic carbocycles. The van der Waals surface area contributed by atoms with Gasteiger partial charge in [-0.1, -0.05) is 0 Å². The highest BCUT2D eigenvalue weighted by Gasteiger charge is 2.25. The molecule has 8 nitrogen and oxygen atoms in total. The van der Waals surface area contributed by atoms with E-state index >= 15 is 0 Å². The molecular weight excluding hydrogens is 366 g/mol. The van der Waals surface area contributed by atoms with Gasteiger partial charge >= 0.3 is 11.9 Å². The monoisotopic (exact) mass is 387 g/mol. The molecule has 0 saturated heterocycles. The lowest BCUT2D eigenvalue weighted by Crippen LogP contribution is -2.16. The van der Waals surface area contributed by atoms with Gasteiger partial charge in [0.1, 0.15) is 5.69 Å². The standard InChI is InChI=1S/C20H21NO7/c1-10(2)28-19(23)17-11(3)18(21-12(17)4)20(24)25-8-14(22)13-5-6-15-16(7-13)27-9-26-15/h5-7,10,21H,8-9H2,1-4H3. The highest BCUT2D eigenvalue weighted by atomic mass is 16.7. The van der Waals surface area contributed by atoms with Crippen molar-refractivity contribution >= 4 is 17.7 Å². The molecule has 1 N–H and O–H groups in total. The third-order valence-electron chi connectivity index (χ3n) is 4.22. The first-order valence-electron chi connectivity index (χ1n) is 8.78. The summed E-state index contributed by atoms with van der Waals surface area (Å²) in [5.74, 6) is -0.588. The molecule has 2 heterocycles. The molecule has 0 spiro atoms. The smallest absolute Gasteiger partial charge is 0.355 e. The molecule has 3 rings (SSSR count). The maximum Gasteiger partial charge on any atom is 0.355 e. The molecule has 1 aromatic heterocycles. The Morgan fingerprint density at radius 3 is 2.54 bits per heavy atom. The average Bonchev–Trinajstić information content (AvgIpc) is 3.21. The number of carbonyl (C=O) groups excluding carboxylic acids is 3. The zero-order valence-electron chi connectivity index (χ0n) is 16.1. The molecule has 0 amide bonds. The lowest BCUT2D eigenvalue weighted by molar-refractivity contribution is 0.0376. The fourth-order valence-electron chi connectivity index (χ4n) is 2.89. The summed E-state index contributed by atoms with van der Waals surface area (Å²) in [4.78, 5) is 39.8. The van der Waals surface area contributed by atoms with E-state index in [-0.39, 0.29) is 24.4 Å². The molecule has 0 saturated carbocycles. The van der Waals surface area contributed by atoms with Gasteiger partial charge in [-0.25, -0.2) is 9.59 Å². The number of hydrogen-bond donors (Lipinski definition) is 1. The first-order valence-corrected chi connectivity index (χ1v) is 8.78. The SMILES string of the molecule is Cc1[nH]c(C(=O)OCC(=O)c2ccc3c(c2)OCO3)c(C)c1C(=O)OC(C)C. The Bertz CT molecular complexity index is 942. The van der Waals surface area contributed by atoms with Crippen molar-refractivity contribution < 1.29 is 33.3 Å². The molecule has 0 fully saturated rings. The van der Waals surface area contributed by atoms with E-state index in [1.807, 2.05) is 0 Å². The van der Waals surface area contributed by atoms with Crippen LogP contribution in [0.15, 0.2) is 18.2 Å². The molecule has 2 aromatic rings. The largest absolute Gasteiger partial charge is 0.459 e. The minimum Gasteiger partial charge on any atom is -0.459 e. The van der Waals surface area contributed by atoms with Crippen molar-refractivity contribution in [1.29, 1.82) is 0 Å². The lowest BCUT2D eigenvalue weighted by Gasteiger charge is -2.08. The summed E-state index contributed by atoms with van der Waals surface area (Å²) >= 11 is 0. The number of fused-ring (bicyclic) bond motifs is 1. The Morgan fingerprint density at radius 1 is 1.11 bits per heavy atom. The second kappa shape index (κ2) is 7.75. The van der Waals surface area contributed by atoms with Crippen molar-refractivity contribution in [1.82, 2.24) is 4.98 Å². The fraction of sp³-hybridized carbons (Fsp3) is 0.350. The number of ether oxygens (including phenoxy) is 4. The second-order valence-corrected chi connectivity index (χ2v) is 6.65. The minimum absolute atomic E-state index is 0.106. The van der Waals surface area contributed by atoms with Gasteiger partial charge < -0.3 is 23.9 Å². The fourth-order valence-corrected chi connectivity index (χ4v) is 2.89. The van der Waals surface area contributed by atoms with Crippen molar-refractivity contribution in [3.63, 3.8) is 0 Å². The average molecular weight is 387 g/mol.